The lowest BCUT2D eigenvalue weighted by Crippen LogP contribution is -2.44. The quantitative estimate of drug-likeness (QED) is 0.405. The van der Waals surface area contributed by atoms with Crippen LogP contribution >= 0.6 is 0 Å². The molecule has 1 aliphatic heterocycles. The van der Waals surface area contributed by atoms with Gasteiger partial charge in [0, 0.05) is 37.4 Å². The Kier molecular flexibility index (Phi) is 7.70. The highest BCUT2D eigenvalue weighted by Gasteiger charge is 2.24. The summed E-state index contributed by atoms with van der Waals surface area (Å²) in [5.41, 5.74) is 3.60. The Morgan fingerprint density at radius 2 is 1.91 bits per heavy atom. The predicted molar refractivity (Wildman–Crippen MR) is 133 cm³/mol. The van der Waals surface area contributed by atoms with E-state index in [1.165, 1.54) is 11.3 Å². The molecule has 2 aromatic carbocycles. The van der Waals surface area contributed by atoms with Gasteiger partial charge in [-0.25, -0.2) is 4.99 Å². The Morgan fingerprint density at radius 1 is 1.09 bits per heavy atom. The van der Waals surface area contributed by atoms with E-state index in [-0.39, 0.29) is 12.5 Å². The molecule has 176 valence electrons. The van der Waals surface area contributed by atoms with Crippen LogP contribution in [0.5, 0.6) is 5.75 Å². The first-order valence-corrected chi connectivity index (χ1v) is 12.0. The third kappa shape index (κ3) is 7.14. The Bertz CT molecular complexity index is 955. The number of anilines is 1. The lowest BCUT2D eigenvalue weighted by molar-refractivity contribution is -0.123. The number of nitrogens with one attached hydrogen (secondary N) is 3. The summed E-state index contributed by atoms with van der Waals surface area (Å²) in [5, 5.41) is 9.88. The maximum absolute atomic E-state index is 11.9. The molecular weight excluding hydrogens is 414 g/mol. The molecule has 3 N–H and O–H groups in total. The first-order chi connectivity index (χ1) is 16.1. The van der Waals surface area contributed by atoms with Gasteiger partial charge in [-0.2, -0.15) is 0 Å². The van der Waals surface area contributed by atoms with E-state index >= 15 is 0 Å². The van der Waals surface area contributed by atoms with Crippen LogP contribution in [0.4, 0.5) is 5.69 Å². The minimum atomic E-state index is -0.0594. The molecule has 4 rings (SSSR count). The average Bonchev–Trinajstić information content (AvgIpc) is 3.51. The topological polar surface area (TPSA) is 78.0 Å². The molecule has 0 bridgehead atoms. The molecule has 7 nitrogen and oxygen atoms in total. The second-order valence-corrected chi connectivity index (χ2v) is 8.88. The van der Waals surface area contributed by atoms with Gasteiger partial charge in [-0.15, -0.1) is 0 Å². The van der Waals surface area contributed by atoms with Gasteiger partial charge < -0.3 is 25.6 Å². The number of benzene rings is 2. The Morgan fingerprint density at radius 3 is 2.67 bits per heavy atom. The molecule has 0 aromatic heterocycles. The van der Waals surface area contributed by atoms with Gasteiger partial charge in [-0.1, -0.05) is 29.8 Å². The summed E-state index contributed by atoms with van der Waals surface area (Å²) in [7, 11) is 0. The van der Waals surface area contributed by atoms with Crippen molar-refractivity contribution in [3.05, 3.63) is 59.7 Å². The number of nitrogens with zero attached hydrogens (tertiary/aromatic N) is 2. The van der Waals surface area contributed by atoms with Gasteiger partial charge in [-0.3, -0.25) is 4.79 Å². The van der Waals surface area contributed by atoms with Crippen LogP contribution in [0, 0.1) is 6.92 Å². The molecule has 1 saturated carbocycles. The number of hydrogen-bond acceptors (Lipinski definition) is 4. The molecule has 7 heteroatoms. The first-order valence-electron chi connectivity index (χ1n) is 12.0. The summed E-state index contributed by atoms with van der Waals surface area (Å²) in [6.45, 7) is 7.57. The molecule has 1 amide bonds. The van der Waals surface area contributed by atoms with Gasteiger partial charge in [0.05, 0.1) is 6.54 Å². The minimum Gasteiger partial charge on any atom is -0.484 e. The smallest absolute Gasteiger partial charge is 0.258 e. The standard InChI is InChI=1S/C26H35N5O2/c1-3-27-26(30-22-13-14-31(17-22)23-11-7-19(2)8-12-23)28-16-20-5-4-6-24(15-20)33-18-25(32)29-21-9-10-21/h4-8,11-12,15,21-22H,3,9-10,13-14,16-18H2,1-2H3,(H,29,32)(H2,27,28,30). The molecule has 2 fully saturated rings. The highest BCUT2D eigenvalue weighted by molar-refractivity contribution is 5.80. The van der Waals surface area contributed by atoms with Gasteiger partial charge in [0.2, 0.25) is 0 Å². The number of aryl methyl sites for hydroxylation is 1. The van der Waals surface area contributed by atoms with Crippen LogP contribution in [-0.4, -0.2) is 50.2 Å². The van der Waals surface area contributed by atoms with E-state index < -0.39 is 0 Å². The SMILES string of the molecule is CCNC(=NCc1cccc(OCC(=O)NC2CC2)c1)NC1CCN(c2ccc(C)cc2)C1. The highest BCUT2D eigenvalue weighted by atomic mass is 16.5. The van der Waals surface area contributed by atoms with Crippen molar-refractivity contribution in [2.45, 2.75) is 51.7 Å². The van der Waals surface area contributed by atoms with Crippen LogP contribution in [-0.2, 0) is 11.3 Å². The van der Waals surface area contributed by atoms with Crippen LogP contribution in [0.25, 0.3) is 0 Å². The fourth-order valence-corrected chi connectivity index (χ4v) is 3.93. The average molecular weight is 450 g/mol. The number of hydrogen-bond donors (Lipinski definition) is 3. The number of aliphatic imine (C=N–C) groups is 1. The third-order valence-electron chi connectivity index (χ3n) is 5.90. The zero-order valence-corrected chi connectivity index (χ0v) is 19.6. The van der Waals surface area contributed by atoms with Crippen LogP contribution in [0.2, 0.25) is 0 Å². The maximum Gasteiger partial charge on any atom is 0.258 e. The van der Waals surface area contributed by atoms with Crippen molar-refractivity contribution in [2.75, 3.05) is 31.1 Å². The molecule has 0 spiro atoms. The summed E-state index contributed by atoms with van der Waals surface area (Å²) in [4.78, 5) is 19.1. The lowest BCUT2D eigenvalue weighted by atomic mass is 10.2. The Labute approximate surface area is 196 Å². The van der Waals surface area contributed by atoms with E-state index in [4.69, 9.17) is 9.73 Å². The van der Waals surface area contributed by atoms with Gasteiger partial charge in [-0.05, 0) is 62.9 Å². The summed E-state index contributed by atoms with van der Waals surface area (Å²) in [6, 6.07) is 17.2. The summed E-state index contributed by atoms with van der Waals surface area (Å²) >= 11 is 0. The first kappa shape index (κ1) is 23.0. The van der Waals surface area contributed by atoms with Crippen molar-refractivity contribution in [3.63, 3.8) is 0 Å². The molecule has 0 radical (unpaired) electrons. The van der Waals surface area contributed by atoms with E-state index in [0.29, 0.717) is 24.4 Å². The van der Waals surface area contributed by atoms with Gasteiger partial charge >= 0.3 is 0 Å². The molecule has 33 heavy (non-hydrogen) atoms. The number of guanidine groups is 1. The molecule has 1 heterocycles. The van der Waals surface area contributed by atoms with Crippen LogP contribution in [0.1, 0.15) is 37.3 Å². The number of carbonyl (C=O) groups excluding carboxylic acids is 1. The van der Waals surface area contributed by atoms with Crippen LogP contribution < -0.4 is 25.6 Å². The molecule has 1 unspecified atom stereocenters. The van der Waals surface area contributed by atoms with Crippen molar-refractivity contribution in [1.29, 1.82) is 0 Å². The maximum atomic E-state index is 11.9. The number of amides is 1. The zero-order valence-electron chi connectivity index (χ0n) is 19.6. The molecule has 1 saturated heterocycles. The molecule has 1 atom stereocenters. The van der Waals surface area contributed by atoms with E-state index in [9.17, 15) is 4.79 Å². The van der Waals surface area contributed by atoms with E-state index in [1.807, 2.05) is 24.3 Å². The van der Waals surface area contributed by atoms with Crippen LogP contribution in [0.3, 0.4) is 0 Å². The van der Waals surface area contributed by atoms with Crippen molar-refractivity contribution in [2.24, 2.45) is 4.99 Å². The predicted octanol–water partition coefficient (Wildman–Crippen LogP) is 2.99. The molecular formula is C26H35N5O2. The van der Waals surface area contributed by atoms with E-state index in [1.54, 1.807) is 0 Å². The fourth-order valence-electron chi connectivity index (χ4n) is 3.93. The summed E-state index contributed by atoms with van der Waals surface area (Å²) in [6.07, 6.45) is 3.23. The van der Waals surface area contributed by atoms with E-state index in [2.05, 4.69) is 59.0 Å². The minimum absolute atomic E-state index is 0.0482. The number of rotatable bonds is 9. The number of carbonyl (C=O) groups is 1. The van der Waals surface area contributed by atoms with Crippen LogP contribution in [0.15, 0.2) is 53.5 Å². The monoisotopic (exact) mass is 449 g/mol. The second kappa shape index (κ2) is 11.1. The Balaban J connectivity index is 1.29. The third-order valence-corrected chi connectivity index (χ3v) is 5.90. The Hall–Kier alpha value is -3.22. The van der Waals surface area contributed by atoms with Gasteiger partial charge in [0.1, 0.15) is 5.75 Å². The highest BCUT2D eigenvalue weighted by Crippen LogP contribution is 2.21. The van der Waals surface area contributed by atoms with Gasteiger partial charge in [0.25, 0.3) is 5.91 Å². The van der Waals surface area contributed by atoms with Gasteiger partial charge in [0.15, 0.2) is 12.6 Å². The second-order valence-electron chi connectivity index (χ2n) is 8.88. The molecule has 1 aliphatic carbocycles. The largest absolute Gasteiger partial charge is 0.484 e. The van der Waals surface area contributed by atoms with Crippen molar-refractivity contribution >= 4 is 17.6 Å². The van der Waals surface area contributed by atoms with Crippen molar-refractivity contribution in [1.82, 2.24) is 16.0 Å². The lowest BCUT2D eigenvalue weighted by Gasteiger charge is -2.20. The molecule has 2 aromatic rings. The summed E-state index contributed by atoms with van der Waals surface area (Å²) < 4.78 is 5.66. The molecule has 2 aliphatic rings. The summed E-state index contributed by atoms with van der Waals surface area (Å²) in [5.74, 6) is 1.45. The fraction of sp³-hybridized carbons (Fsp3) is 0.462. The number of ether oxygens (including phenoxy) is 1. The zero-order chi connectivity index (χ0) is 23.0. The van der Waals surface area contributed by atoms with E-state index in [0.717, 1.165) is 50.4 Å². The van der Waals surface area contributed by atoms with Crippen molar-refractivity contribution < 1.29 is 9.53 Å². The van der Waals surface area contributed by atoms with Crippen molar-refractivity contribution in [3.8, 4) is 5.75 Å². The normalized spacial score (nSPS) is 18.2.